The highest BCUT2D eigenvalue weighted by molar-refractivity contribution is 5.66. The first-order chi connectivity index (χ1) is 9.25. The van der Waals surface area contributed by atoms with Crippen LogP contribution in [0.3, 0.4) is 0 Å². The minimum absolute atomic E-state index is 0.159. The van der Waals surface area contributed by atoms with Crippen molar-refractivity contribution in [3.8, 4) is 0 Å². The Labute approximate surface area is 114 Å². The van der Waals surface area contributed by atoms with E-state index in [2.05, 4.69) is 22.8 Å². The predicted octanol–water partition coefficient (Wildman–Crippen LogP) is 1.79. The third-order valence-corrected chi connectivity index (χ3v) is 3.41. The molecule has 1 atom stereocenters. The van der Waals surface area contributed by atoms with Crippen molar-refractivity contribution in [1.82, 2.24) is 10.6 Å². The van der Waals surface area contributed by atoms with Crippen LogP contribution in [0.1, 0.15) is 30.9 Å². The Bertz CT molecular complexity index is 390. The lowest BCUT2D eigenvalue weighted by molar-refractivity contribution is -0.136. The summed E-state index contributed by atoms with van der Waals surface area (Å²) in [6.45, 7) is 2.42. The molecule has 0 heterocycles. The summed E-state index contributed by atoms with van der Waals surface area (Å²) in [7, 11) is 0. The molecule has 0 radical (unpaired) electrons. The van der Waals surface area contributed by atoms with Gasteiger partial charge in [0.25, 0.3) is 0 Å². The quantitative estimate of drug-likeness (QED) is 0.635. The first kappa shape index (κ1) is 14.0. The Kier molecular flexibility index (Phi) is 5.36. The lowest BCUT2D eigenvalue weighted by Gasteiger charge is -2.19. The van der Waals surface area contributed by atoms with Gasteiger partial charge in [0.1, 0.15) is 0 Å². The van der Waals surface area contributed by atoms with Gasteiger partial charge in [-0.3, -0.25) is 4.79 Å². The van der Waals surface area contributed by atoms with Gasteiger partial charge in [0.15, 0.2) is 0 Å². The SMILES string of the molecule is O=C(O)CCNC(CNCC1CC1)c1ccccc1. The molecule has 0 bridgehead atoms. The standard InChI is InChI=1S/C15H22N2O2/c18-15(19)8-9-17-14(11-16-10-12-6-7-12)13-4-2-1-3-5-13/h1-5,12,14,16-17H,6-11H2,(H,18,19). The van der Waals surface area contributed by atoms with Crippen molar-refractivity contribution in [2.24, 2.45) is 5.92 Å². The molecule has 1 fully saturated rings. The highest BCUT2D eigenvalue weighted by Gasteiger charge is 2.21. The van der Waals surface area contributed by atoms with Gasteiger partial charge >= 0.3 is 5.97 Å². The third-order valence-electron chi connectivity index (χ3n) is 3.41. The second-order valence-electron chi connectivity index (χ2n) is 5.16. The second-order valence-corrected chi connectivity index (χ2v) is 5.16. The maximum atomic E-state index is 10.6. The third kappa shape index (κ3) is 5.41. The van der Waals surface area contributed by atoms with E-state index in [4.69, 9.17) is 5.11 Å². The molecular formula is C15H22N2O2. The number of hydrogen-bond acceptors (Lipinski definition) is 3. The van der Waals surface area contributed by atoms with Crippen LogP contribution in [0.15, 0.2) is 30.3 Å². The molecule has 0 spiro atoms. The number of carboxylic acid groups (broad SMARTS) is 1. The van der Waals surface area contributed by atoms with Crippen LogP contribution in [0.2, 0.25) is 0 Å². The van der Waals surface area contributed by atoms with Crippen LogP contribution in [-0.2, 0) is 4.79 Å². The summed E-state index contributed by atoms with van der Waals surface area (Å²) in [6, 6.07) is 10.4. The van der Waals surface area contributed by atoms with Crippen molar-refractivity contribution in [3.05, 3.63) is 35.9 Å². The van der Waals surface area contributed by atoms with Gasteiger partial charge in [-0.1, -0.05) is 30.3 Å². The zero-order chi connectivity index (χ0) is 13.5. The molecular weight excluding hydrogens is 240 g/mol. The van der Waals surface area contributed by atoms with Gasteiger partial charge in [-0.2, -0.15) is 0 Å². The molecule has 1 aliphatic rings. The van der Waals surface area contributed by atoms with Crippen molar-refractivity contribution in [3.63, 3.8) is 0 Å². The number of benzene rings is 1. The normalized spacial score (nSPS) is 16.2. The van der Waals surface area contributed by atoms with Gasteiger partial charge < -0.3 is 15.7 Å². The molecule has 1 aromatic rings. The van der Waals surface area contributed by atoms with E-state index in [1.807, 2.05) is 18.2 Å². The molecule has 1 aliphatic carbocycles. The molecule has 2 rings (SSSR count). The van der Waals surface area contributed by atoms with Crippen LogP contribution in [0, 0.1) is 5.92 Å². The van der Waals surface area contributed by atoms with Crippen LogP contribution in [0.25, 0.3) is 0 Å². The summed E-state index contributed by atoms with van der Waals surface area (Å²) < 4.78 is 0. The Morgan fingerprint density at radius 1 is 1.32 bits per heavy atom. The zero-order valence-electron chi connectivity index (χ0n) is 11.1. The van der Waals surface area contributed by atoms with E-state index in [0.29, 0.717) is 6.54 Å². The fourth-order valence-electron chi connectivity index (χ4n) is 2.10. The molecule has 0 aliphatic heterocycles. The van der Waals surface area contributed by atoms with Crippen LogP contribution < -0.4 is 10.6 Å². The molecule has 104 valence electrons. The predicted molar refractivity (Wildman–Crippen MR) is 75.0 cm³/mol. The first-order valence-electron chi connectivity index (χ1n) is 6.96. The highest BCUT2D eigenvalue weighted by Crippen LogP contribution is 2.27. The summed E-state index contributed by atoms with van der Waals surface area (Å²) in [5.41, 5.74) is 1.20. The maximum Gasteiger partial charge on any atom is 0.304 e. The topological polar surface area (TPSA) is 61.4 Å². The van der Waals surface area contributed by atoms with Gasteiger partial charge in [0.2, 0.25) is 0 Å². The van der Waals surface area contributed by atoms with Crippen LogP contribution in [0.4, 0.5) is 0 Å². The monoisotopic (exact) mass is 262 g/mol. The molecule has 1 saturated carbocycles. The van der Waals surface area contributed by atoms with E-state index in [1.54, 1.807) is 0 Å². The summed E-state index contributed by atoms with van der Waals surface area (Å²) in [6.07, 6.45) is 2.84. The largest absolute Gasteiger partial charge is 0.481 e. The highest BCUT2D eigenvalue weighted by atomic mass is 16.4. The number of carbonyl (C=O) groups is 1. The molecule has 4 heteroatoms. The summed E-state index contributed by atoms with van der Waals surface area (Å²) in [5, 5.41) is 15.5. The molecule has 0 amide bonds. The summed E-state index contributed by atoms with van der Waals surface area (Å²) >= 11 is 0. The van der Waals surface area contributed by atoms with Gasteiger partial charge in [-0.15, -0.1) is 0 Å². The van der Waals surface area contributed by atoms with E-state index in [-0.39, 0.29) is 12.5 Å². The van der Waals surface area contributed by atoms with Gasteiger partial charge in [-0.25, -0.2) is 0 Å². The average Bonchev–Trinajstić information content (AvgIpc) is 3.22. The Morgan fingerprint density at radius 3 is 2.68 bits per heavy atom. The molecule has 3 N–H and O–H groups in total. The molecule has 4 nitrogen and oxygen atoms in total. The fraction of sp³-hybridized carbons (Fsp3) is 0.533. The van der Waals surface area contributed by atoms with Gasteiger partial charge in [0, 0.05) is 19.1 Å². The van der Waals surface area contributed by atoms with E-state index in [1.165, 1.54) is 18.4 Å². The van der Waals surface area contributed by atoms with E-state index < -0.39 is 5.97 Å². The van der Waals surface area contributed by atoms with Crippen molar-refractivity contribution < 1.29 is 9.90 Å². The number of aliphatic carboxylic acids is 1. The fourth-order valence-corrected chi connectivity index (χ4v) is 2.10. The van der Waals surface area contributed by atoms with E-state index in [0.717, 1.165) is 19.0 Å². The Morgan fingerprint density at radius 2 is 2.05 bits per heavy atom. The Balaban J connectivity index is 1.82. The van der Waals surface area contributed by atoms with Crippen LogP contribution >= 0.6 is 0 Å². The van der Waals surface area contributed by atoms with Gasteiger partial charge in [0.05, 0.1) is 6.42 Å². The lowest BCUT2D eigenvalue weighted by Crippen LogP contribution is -2.33. The smallest absolute Gasteiger partial charge is 0.304 e. The molecule has 1 aromatic carbocycles. The van der Waals surface area contributed by atoms with Gasteiger partial charge in [-0.05, 0) is 30.9 Å². The molecule has 0 aromatic heterocycles. The summed E-state index contributed by atoms with van der Waals surface area (Å²) in [5.74, 6) is 0.0979. The van der Waals surface area contributed by atoms with Crippen molar-refractivity contribution >= 4 is 5.97 Å². The Hall–Kier alpha value is -1.39. The first-order valence-corrected chi connectivity index (χ1v) is 6.96. The average molecular weight is 262 g/mol. The van der Waals surface area contributed by atoms with E-state index >= 15 is 0 Å². The minimum Gasteiger partial charge on any atom is -0.481 e. The van der Waals surface area contributed by atoms with Crippen molar-refractivity contribution in [2.75, 3.05) is 19.6 Å². The maximum absolute atomic E-state index is 10.6. The molecule has 19 heavy (non-hydrogen) atoms. The van der Waals surface area contributed by atoms with Crippen molar-refractivity contribution in [1.29, 1.82) is 0 Å². The number of rotatable bonds is 9. The lowest BCUT2D eigenvalue weighted by atomic mass is 10.1. The molecule has 0 saturated heterocycles. The minimum atomic E-state index is -0.759. The molecule has 1 unspecified atom stereocenters. The van der Waals surface area contributed by atoms with Crippen LogP contribution in [-0.4, -0.2) is 30.7 Å². The second kappa shape index (κ2) is 7.26. The number of nitrogens with one attached hydrogen (secondary N) is 2. The summed E-state index contributed by atoms with van der Waals surface area (Å²) in [4.78, 5) is 10.6. The zero-order valence-corrected chi connectivity index (χ0v) is 11.1. The van der Waals surface area contributed by atoms with Crippen LogP contribution in [0.5, 0.6) is 0 Å². The van der Waals surface area contributed by atoms with Crippen molar-refractivity contribution in [2.45, 2.75) is 25.3 Å². The number of carboxylic acids is 1. The van der Waals surface area contributed by atoms with E-state index in [9.17, 15) is 4.79 Å². The number of hydrogen-bond donors (Lipinski definition) is 3.